The molecule has 1 aliphatic rings. The Bertz CT molecular complexity index is 933. The number of carbonyl (C=O) groups excluding carboxylic acids is 2. The smallest absolute Gasteiger partial charge is 0.341 e. The van der Waals surface area contributed by atoms with Crippen LogP contribution in [-0.2, 0) is 9.59 Å². The van der Waals surface area contributed by atoms with Crippen LogP contribution >= 0.6 is 0 Å². The lowest BCUT2D eigenvalue weighted by Crippen LogP contribution is -2.38. The molecular weight excluding hydrogens is 338 g/mol. The van der Waals surface area contributed by atoms with E-state index in [-0.39, 0.29) is 17.4 Å². The number of hydrogen-bond donors (Lipinski definition) is 3. The quantitative estimate of drug-likeness (QED) is 0.764. The number of pyridine rings is 1. The van der Waals surface area contributed by atoms with Crippen molar-refractivity contribution < 1.29 is 19.5 Å². The van der Waals surface area contributed by atoms with Crippen LogP contribution in [-0.4, -0.2) is 45.9 Å². The average Bonchev–Trinajstić information content (AvgIpc) is 2.94. The Morgan fingerprint density at radius 3 is 2.38 bits per heavy atom. The summed E-state index contributed by atoms with van der Waals surface area (Å²) in [6.07, 6.45) is 0.865. The summed E-state index contributed by atoms with van der Waals surface area (Å²) in [6.45, 7) is 0. The Balaban J connectivity index is 1.74. The fraction of sp³-hybridized carbons (Fsp3) is 0.222. The number of amides is 2. The molecule has 1 aromatic heterocycles. The number of hydrogen-bond acceptors (Lipinski definition) is 4. The molecule has 0 radical (unpaired) electrons. The van der Waals surface area contributed by atoms with E-state index in [0.717, 1.165) is 0 Å². The number of anilines is 1. The first-order valence-electron chi connectivity index (χ1n) is 8.00. The number of aromatic amines is 1. The largest absolute Gasteiger partial charge is 0.477 e. The van der Waals surface area contributed by atoms with Gasteiger partial charge in [-0.3, -0.25) is 14.4 Å². The van der Waals surface area contributed by atoms with Crippen LogP contribution in [0.25, 0.3) is 11.3 Å². The van der Waals surface area contributed by atoms with Crippen LogP contribution < -0.4 is 10.9 Å². The minimum atomic E-state index is -1.29. The second-order valence-electron chi connectivity index (χ2n) is 6.05. The molecule has 1 fully saturated rings. The monoisotopic (exact) mass is 355 g/mol. The van der Waals surface area contributed by atoms with Gasteiger partial charge in [-0.15, -0.1) is 0 Å². The van der Waals surface area contributed by atoms with E-state index in [9.17, 15) is 19.2 Å². The van der Waals surface area contributed by atoms with E-state index in [0.29, 0.717) is 29.8 Å². The Labute approximate surface area is 148 Å². The van der Waals surface area contributed by atoms with Crippen molar-refractivity contribution in [2.45, 2.75) is 18.9 Å². The van der Waals surface area contributed by atoms with Gasteiger partial charge < -0.3 is 20.3 Å². The Morgan fingerprint density at radius 2 is 1.85 bits per heavy atom. The molecule has 2 heterocycles. The first-order valence-corrected chi connectivity index (χ1v) is 8.00. The summed E-state index contributed by atoms with van der Waals surface area (Å²) < 4.78 is 0. The molecule has 3 N–H and O–H groups in total. The lowest BCUT2D eigenvalue weighted by atomic mass is 10.1. The highest BCUT2D eigenvalue weighted by molar-refractivity contribution is 5.99. The van der Waals surface area contributed by atoms with Gasteiger partial charge in [0, 0.05) is 24.8 Å². The second kappa shape index (κ2) is 6.83. The van der Waals surface area contributed by atoms with Crippen molar-refractivity contribution in [3.05, 3.63) is 52.3 Å². The average molecular weight is 355 g/mol. The second-order valence-corrected chi connectivity index (χ2v) is 6.05. The molecule has 26 heavy (non-hydrogen) atoms. The third kappa shape index (κ3) is 3.34. The molecule has 2 aromatic rings. The highest BCUT2D eigenvalue weighted by Crippen LogP contribution is 2.21. The summed E-state index contributed by atoms with van der Waals surface area (Å²) in [4.78, 5) is 50.4. The first kappa shape index (κ1) is 17.4. The lowest BCUT2D eigenvalue weighted by Gasteiger charge is -2.19. The van der Waals surface area contributed by atoms with Gasteiger partial charge in [0.05, 0.1) is 0 Å². The highest BCUT2D eigenvalue weighted by atomic mass is 16.4. The van der Waals surface area contributed by atoms with Gasteiger partial charge in [-0.1, -0.05) is 12.1 Å². The zero-order chi connectivity index (χ0) is 18.8. The van der Waals surface area contributed by atoms with E-state index in [4.69, 9.17) is 5.11 Å². The van der Waals surface area contributed by atoms with E-state index in [1.54, 1.807) is 31.3 Å². The summed E-state index contributed by atoms with van der Waals surface area (Å²) in [5.41, 5.74) is 0.703. The molecular formula is C18H17N3O5. The van der Waals surface area contributed by atoms with Crippen LogP contribution in [0, 0.1) is 0 Å². The van der Waals surface area contributed by atoms with E-state index < -0.39 is 17.6 Å². The number of likely N-dealkylation sites (tertiary alicyclic amines) is 1. The summed E-state index contributed by atoms with van der Waals surface area (Å²) in [6, 6.07) is 9.04. The standard InChI is InChI=1S/C18H17N3O5/c1-21-14(8-9-15(21)22)17(24)19-11-4-2-10(3-5-11)13-7-6-12(18(25)26)16(23)20-13/h2-7,14H,8-9H2,1H3,(H,19,24)(H,20,23)(H,25,26)/t14-/m0/s1. The number of carbonyl (C=O) groups is 3. The predicted molar refractivity (Wildman–Crippen MR) is 93.9 cm³/mol. The zero-order valence-electron chi connectivity index (χ0n) is 14.0. The highest BCUT2D eigenvalue weighted by Gasteiger charge is 2.33. The van der Waals surface area contributed by atoms with Crippen LogP contribution in [0.4, 0.5) is 5.69 Å². The van der Waals surface area contributed by atoms with Crippen molar-refractivity contribution in [2.75, 3.05) is 12.4 Å². The Kier molecular flexibility index (Phi) is 4.57. The molecule has 3 rings (SSSR count). The Morgan fingerprint density at radius 1 is 1.15 bits per heavy atom. The minimum Gasteiger partial charge on any atom is -0.477 e. The van der Waals surface area contributed by atoms with E-state index in [1.165, 1.54) is 17.0 Å². The number of nitrogens with one attached hydrogen (secondary N) is 2. The van der Waals surface area contributed by atoms with Gasteiger partial charge in [0.1, 0.15) is 11.6 Å². The molecule has 1 saturated heterocycles. The van der Waals surface area contributed by atoms with Crippen molar-refractivity contribution in [1.29, 1.82) is 0 Å². The van der Waals surface area contributed by atoms with Gasteiger partial charge in [0.15, 0.2) is 0 Å². The number of H-pyrrole nitrogens is 1. The molecule has 0 unspecified atom stereocenters. The van der Waals surface area contributed by atoms with Gasteiger partial charge in [0.25, 0.3) is 5.56 Å². The van der Waals surface area contributed by atoms with Crippen LogP contribution in [0.3, 0.4) is 0 Å². The Hall–Kier alpha value is -3.42. The van der Waals surface area contributed by atoms with E-state index in [2.05, 4.69) is 10.3 Å². The maximum Gasteiger partial charge on any atom is 0.341 e. The molecule has 1 aliphatic heterocycles. The third-order valence-electron chi connectivity index (χ3n) is 4.40. The number of aromatic nitrogens is 1. The summed E-state index contributed by atoms with van der Waals surface area (Å²) >= 11 is 0. The maximum atomic E-state index is 12.3. The van der Waals surface area contributed by atoms with Gasteiger partial charge in [-0.05, 0) is 36.2 Å². The number of benzene rings is 1. The fourth-order valence-corrected chi connectivity index (χ4v) is 2.88. The number of carboxylic acid groups (broad SMARTS) is 1. The molecule has 8 heteroatoms. The summed E-state index contributed by atoms with van der Waals surface area (Å²) in [7, 11) is 1.61. The fourth-order valence-electron chi connectivity index (χ4n) is 2.88. The number of rotatable bonds is 4. The van der Waals surface area contributed by atoms with E-state index >= 15 is 0 Å². The van der Waals surface area contributed by atoms with Crippen molar-refractivity contribution >= 4 is 23.5 Å². The normalized spacial score (nSPS) is 16.6. The summed E-state index contributed by atoms with van der Waals surface area (Å²) in [5.74, 6) is -1.58. The predicted octanol–water partition coefficient (Wildman–Crippen LogP) is 1.30. The van der Waals surface area contributed by atoms with Gasteiger partial charge in [-0.2, -0.15) is 0 Å². The molecule has 1 atom stereocenters. The number of carboxylic acids is 1. The first-order chi connectivity index (χ1) is 12.4. The van der Waals surface area contributed by atoms with Crippen molar-refractivity contribution in [2.24, 2.45) is 0 Å². The maximum absolute atomic E-state index is 12.3. The lowest BCUT2D eigenvalue weighted by molar-refractivity contribution is -0.131. The molecule has 0 aliphatic carbocycles. The van der Waals surface area contributed by atoms with Gasteiger partial charge >= 0.3 is 5.97 Å². The molecule has 1 aromatic carbocycles. The van der Waals surface area contributed by atoms with Crippen molar-refractivity contribution in [3.8, 4) is 11.3 Å². The van der Waals surface area contributed by atoms with E-state index in [1.807, 2.05) is 0 Å². The topological polar surface area (TPSA) is 120 Å². The molecule has 2 amide bonds. The number of aromatic carboxylic acids is 1. The molecule has 0 saturated carbocycles. The number of nitrogens with zero attached hydrogens (tertiary/aromatic N) is 1. The summed E-state index contributed by atoms with van der Waals surface area (Å²) in [5, 5.41) is 11.7. The van der Waals surface area contributed by atoms with Crippen LogP contribution in [0.1, 0.15) is 23.2 Å². The van der Waals surface area contributed by atoms with Crippen LogP contribution in [0.15, 0.2) is 41.2 Å². The van der Waals surface area contributed by atoms with Gasteiger partial charge in [0.2, 0.25) is 11.8 Å². The number of likely N-dealkylation sites (N-methyl/N-ethyl adjacent to an activating group) is 1. The minimum absolute atomic E-state index is 0.0470. The molecule has 0 bridgehead atoms. The third-order valence-corrected chi connectivity index (χ3v) is 4.40. The van der Waals surface area contributed by atoms with Gasteiger partial charge in [-0.25, -0.2) is 4.79 Å². The van der Waals surface area contributed by atoms with Crippen LogP contribution in [0.5, 0.6) is 0 Å². The molecule has 8 nitrogen and oxygen atoms in total. The van der Waals surface area contributed by atoms with Crippen LogP contribution in [0.2, 0.25) is 0 Å². The molecule has 134 valence electrons. The SMILES string of the molecule is CN1C(=O)CC[C@H]1C(=O)Nc1ccc(-c2ccc(C(=O)O)c(=O)[nH]2)cc1. The molecule has 0 spiro atoms. The van der Waals surface area contributed by atoms with Crippen molar-refractivity contribution in [1.82, 2.24) is 9.88 Å². The van der Waals surface area contributed by atoms with Crippen molar-refractivity contribution in [3.63, 3.8) is 0 Å². The zero-order valence-corrected chi connectivity index (χ0v) is 14.0.